The van der Waals surface area contributed by atoms with Crippen molar-refractivity contribution in [3.63, 3.8) is 0 Å². The number of aromatic nitrogens is 2. The van der Waals surface area contributed by atoms with Crippen molar-refractivity contribution < 1.29 is 13.9 Å². The van der Waals surface area contributed by atoms with Crippen LogP contribution in [0.15, 0.2) is 29.6 Å². The minimum absolute atomic E-state index is 0.0947. The molecule has 5 nitrogen and oxygen atoms in total. The first kappa shape index (κ1) is 18.9. The lowest BCUT2D eigenvalue weighted by atomic mass is 10.0. The van der Waals surface area contributed by atoms with E-state index in [4.69, 9.17) is 10.5 Å². The zero-order chi connectivity index (χ0) is 17.4. The van der Waals surface area contributed by atoms with Crippen LogP contribution in [0.3, 0.4) is 0 Å². The van der Waals surface area contributed by atoms with Gasteiger partial charge in [0.2, 0.25) is 5.78 Å². The van der Waals surface area contributed by atoms with Gasteiger partial charge in [-0.15, -0.1) is 0 Å². The van der Waals surface area contributed by atoms with Gasteiger partial charge < -0.3 is 10.5 Å². The molecule has 0 aliphatic rings. The summed E-state index contributed by atoms with van der Waals surface area (Å²) < 4.78 is 18.2. The van der Waals surface area contributed by atoms with Gasteiger partial charge in [-0.2, -0.15) is 0 Å². The Hall–Kier alpha value is -2.15. The molecule has 124 valence electrons. The maximum absolute atomic E-state index is 13.2. The first-order chi connectivity index (χ1) is 11.1. The molecule has 1 aromatic carbocycles. The van der Waals surface area contributed by atoms with Gasteiger partial charge in [0.25, 0.3) is 0 Å². The first-order valence-corrected chi connectivity index (χ1v) is 8.19. The highest BCUT2D eigenvalue weighted by atomic mass is 32.2. The number of rotatable bonds is 5. The van der Waals surface area contributed by atoms with Crippen LogP contribution < -0.4 is 10.5 Å². The fourth-order valence-corrected chi connectivity index (χ4v) is 2.30. The van der Waals surface area contributed by atoms with Crippen molar-refractivity contribution in [3.8, 4) is 5.75 Å². The van der Waals surface area contributed by atoms with E-state index >= 15 is 0 Å². The standard InChI is InChI=1S/C14H14FN3O2S.C2H6/c1-3-21-14-17-7-10(13(16)18-14)12(19)9-5-4-8(15)6-11(9)20-2;1-2/h4-7H,3H2,1-2H3,(H2,16,17,18);1-2H3. The van der Waals surface area contributed by atoms with Crippen LogP contribution in [-0.4, -0.2) is 28.6 Å². The Morgan fingerprint density at radius 3 is 2.61 bits per heavy atom. The largest absolute Gasteiger partial charge is 0.496 e. The Balaban J connectivity index is 0.00000127. The summed E-state index contributed by atoms with van der Waals surface area (Å²) in [5, 5.41) is 0.512. The summed E-state index contributed by atoms with van der Waals surface area (Å²) in [6.45, 7) is 5.96. The van der Waals surface area contributed by atoms with Crippen LogP contribution in [0.25, 0.3) is 0 Å². The summed E-state index contributed by atoms with van der Waals surface area (Å²) in [7, 11) is 1.37. The van der Waals surface area contributed by atoms with E-state index in [0.717, 1.165) is 11.8 Å². The molecule has 0 aliphatic heterocycles. The van der Waals surface area contributed by atoms with E-state index in [-0.39, 0.29) is 22.7 Å². The van der Waals surface area contributed by atoms with Gasteiger partial charge in [-0.05, 0) is 17.9 Å². The van der Waals surface area contributed by atoms with Crippen LogP contribution in [0, 0.1) is 5.82 Å². The van der Waals surface area contributed by atoms with Gasteiger partial charge in [0.05, 0.1) is 18.2 Å². The lowest BCUT2D eigenvalue weighted by Crippen LogP contribution is -2.10. The number of thioether (sulfide) groups is 1. The molecule has 0 unspecified atom stereocenters. The number of nitrogen functional groups attached to an aromatic ring is 1. The molecule has 0 saturated heterocycles. The number of carbonyl (C=O) groups excluding carboxylic acids is 1. The third kappa shape index (κ3) is 4.66. The zero-order valence-electron chi connectivity index (χ0n) is 13.6. The number of ether oxygens (including phenoxy) is 1. The molecule has 7 heteroatoms. The van der Waals surface area contributed by atoms with Gasteiger partial charge in [0.15, 0.2) is 5.16 Å². The monoisotopic (exact) mass is 337 g/mol. The zero-order valence-corrected chi connectivity index (χ0v) is 14.4. The Bertz CT molecular complexity index is 680. The van der Waals surface area contributed by atoms with E-state index in [1.54, 1.807) is 0 Å². The van der Waals surface area contributed by atoms with Crippen molar-refractivity contribution in [2.75, 3.05) is 18.6 Å². The SMILES string of the molecule is CC.CCSc1ncc(C(=O)c2ccc(F)cc2OC)c(N)n1. The number of carbonyl (C=O) groups is 1. The molecule has 0 amide bonds. The number of halogens is 1. The highest BCUT2D eigenvalue weighted by Crippen LogP contribution is 2.25. The molecular weight excluding hydrogens is 317 g/mol. The maximum atomic E-state index is 13.2. The van der Waals surface area contributed by atoms with Gasteiger partial charge in [0, 0.05) is 12.3 Å². The molecule has 0 bridgehead atoms. The van der Waals surface area contributed by atoms with Gasteiger partial charge in [-0.3, -0.25) is 4.79 Å². The second-order valence-electron chi connectivity index (χ2n) is 4.06. The molecule has 1 heterocycles. The molecule has 0 saturated carbocycles. The maximum Gasteiger partial charge on any atom is 0.202 e. The predicted molar refractivity (Wildman–Crippen MR) is 90.6 cm³/mol. The molecule has 2 aromatic rings. The Labute approximate surface area is 139 Å². The average Bonchev–Trinajstić information content (AvgIpc) is 2.56. The summed E-state index contributed by atoms with van der Waals surface area (Å²) >= 11 is 1.43. The number of hydrogen-bond acceptors (Lipinski definition) is 6. The van der Waals surface area contributed by atoms with Crippen molar-refractivity contribution in [3.05, 3.63) is 41.3 Å². The highest BCUT2D eigenvalue weighted by Gasteiger charge is 2.19. The van der Waals surface area contributed by atoms with E-state index in [2.05, 4.69) is 9.97 Å². The van der Waals surface area contributed by atoms with Gasteiger partial charge in [-0.1, -0.05) is 32.5 Å². The van der Waals surface area contributed by atoms with Crippen molar-refractivity contribution in [2.24, 2.45) is 0 Å². The second kappa shape index (κ2) is 9.09. The van der Waals surface area contributed by atoms with Crippen LogP contribution in [0.5, 0.6) is 5.75 Å². The van der Waals surface area contributed by atoms with Crippen molar-refractivity contribution >= 4 is 23.4 Å². The van der Waals surface area contributed by atoms with E-state index in [1.165, 1.54) is 37.2 Å². The smallest absolute Gasteiger partial charge is 0.202 e. The number of methoxy groups -OCH3 is 1. The summed E-state index contributed by atoms with van der Waals surface area (Å²) in [6, 6.07) is 3.68. The first-order valence-electron chi connectivity index (χ1n) is 7.20. The second-order valence-corrected chi connectivity index (χ2v) is 5.29. The number of benzene rings is 1. The number of anilines is 1. The Morgan fingerprint density at radius 2 is 2.04 bits per heavy atom. The summed E-state index contributed by atoms with van der Waals surface area (Å²) in [6.07, 6.45) is 1.38. The minimum Gasteiger partial charge on any atom is -0.496 e. The number of nitrogens with two attached hydrogens (primary N) is 1. The van der Waals surface area contributed by atoms with Crippen LogP contribution >= 0.6 is 11.8 Å². The number of ketones is 1. The molecule has 23 heavy (non-hydrogen) atoms. The normalized spacial score (nSPS) is 9.78. The molecular formula is C16H20FN3O2S. The van der Waals surface area contributed by atoms with Crippen LogP contribution in [0.4, 0.5) is 10.2 Å². The number of nitrogens with zero attached hydrogens (tertiary/aromatic N) is 2. The molecule has 2 N–H and O–H groups in total. The average molecular weight is 337 g/mol. The molecule has 0 fully saturated rings. The highest BCUT2D eigenvalue weighted by molar-refractivity contribution is 7.99. The van der Waals surface area contributed by atoms with E-state index < -0.39 is 11.6 Å². The molecule has 0 spiro atoms. The van der Waals surface area contributed by atoms with E-state index in [9.17, 15) is 9.18 Å². The van der Waals surface area contributed by atoms with Gasteiger partial charge in [0.1, 0.15) is 17.4 Å². The third-order valence-electron chi connectivity index (χ3n) is 2.72. The van der Waals surface area contributed by atoms with Gasteiger partial charge >= 0.3 is 0 Å². The lowest BCUT2D eigenvalue weighted by molar-refractivity contribution is 0.103. The summed E-state index contributed by atoms with van der Waals surface area (Å²) in [5.41, 5.74) is 6.19. The van der Waals surface area contributed by atoms with Crippen molar-refractivity contribution in [1.29, 1.82) is 0 Å². The predicted octanol–water partition coefficient (Wildman–Crippen LogP) is 3.58. The molecule has 2 rings (SSSR count). The molecule has 0 aliphatic carbocycles. The molecule has 0 radical (unpaired) electrons. The van der Waals surface area contributed by atoms with E-state index in [0.29, 0.717) is 5.16 Å². The van der Waals surface area contributed by atoms with Crippen molar-refractivity contribution in [2.45, 2.75) is 25.9 Å². The lowest BCUT2D eigenvalue weighted by Gasteiger charge is -2.09. The Morgan fingerprint density at radius 1 is 1.35 bits per heavy atom. The fourth-order valence-electron chi connectivity index (χ4n) is 1.75. The summed E-state index contributed by atoms with van der Waals surface area (Å²) in [5.74, 6) is 0.155. The quantitative estimate of drug-likeness (QED) is 0.510. The van der Waals surface area contributed by atoms with Crippen LogP contribution in [-0.2, 0) is 0 Å². The number of hydrogen-bond donors (Lipinski definition) is 1. The topological polar surface area (TPSA) is 78.1 Å². The van der Waals surface area contributed by atoms with Crippen LogP contribution in [0.2, 0.25) is 0 Å². The Kier molecular flexibility index (Phi) is 7.47. The van der Waals surface area contributed by atoms with Gasteiger partial charge in [-0.25, -0.2) is 14.4 Å². The van der Waals surface area contributed by atoms with Crippen LogP contribution in [0.1, 0.15) is 36.7 Å². The molecule has 0 atom stereocenters. The minimum atomic E-state index is -0.484. The van der Waals surface area contributed by atoms with Crippen molar-refractivity contribution in [1.82, 2.24) is 9.97 Å². The third-order valence-corrected chi connectivity index (χ3v) is 3.47. The van der Waals surface area contributed by atoms with E-state index in [1.807, 2.05) is 20.8 Å². The molecule has 1 aromatic heterocycles. The fraction of sp³-hybridized carbons (Fsp3) is 0.312. The summed E-state index contributed by atoms with van der Waals surface area (Å²) in [4.78, 5) is 20.6.